The molecule has 0 aromatic heterocycles. The van der Waals surface area contributed by atoms with E-state index in [2.05, 4.69) is 6.58 Å². The van der Waals surface area contributed by atoms with Gasteiger partial charge in [0.25, 0.3) is 0 Å². The van der Waals surface area contributed by atoms with Gasteiger partial charge in [-0.3, -0.25) is 9.69 Å². The Morgan fingerprint density at radius 3 is 2.60 bits per heavy atom. The van der Waals surface area contributed by atoms with E-state index in [0.717, 1.165) is 11.4 Å². The summed E-state index contributed by atoms with van der Waals surface area (Å²) in [6, 6.07) is 7.05. The first-order valence-electron chi connectivity index (χ1n) is 8.32. The molecule has 0 fully saturated rings. The van der Waals surface area contributed by atoms with E-state index in [4.69, 9.17) is 9.47 Å². The minimum Gasteiger partial charge on any atom is -0.472 e. The number of hydrogen-bond donors (Lipinski definition) is 0. The molecule has 0 unspecified atom stereocenters. The molecule has 0 radical (unpaired) electrons. The maximum Gasteiger partial charge on any atom is 0.339 e. The number of anilines is 2. The van der Waals surface area contributed by atoms with Crippen LogP contribution in [0.3, 0.4) is 0 Å². The third-order valence-corrected chi connectivity index (χ3v) is 4.44. The minimum atomic E-state index is -0.550. The maximum atomic E-state index is 12.5. The van der Waals surface area contributed by atoms with Crippen LogP contribution in [-0.4, -0.2) is 37.3 Å². The lowest BCUT2D eigenvalue weighted by molar-refractivity contribution is -0.138. The Morgan fingerprint density at radius 2 is 2.00 bits per heavy atom. The van der Waals surface area contributed by atoms with Crippen LogP contribution in [-0.2, 0) is 19.1 Å². The van der Waals surface area contributed by atoms with Crippen molar-refractivity contribution in [1.29, 1.82) is 0 Å². The lowest BCUT2D eigenvalue weighted by Crippen LogP contribution is -2.58. The molecule has 0 bridgehead atoms. The number of rotatable bonds is 4. The first-order chi connectivity index (χ1) is 12.0. The molecule has 0 aliphatic carbocycles. The number of hydrogen-bond acceptors (Lipinski definition) is 5. The summed E-state index contributed by atoms with van der Waals surface area (Å²) in [4.78, 5) is 28.6. The van der Waals surface area contributed by atoms with Gasteiger partial charge < -0.3 is 14.4 Å². The zero-order valence-electron chi connectivity index (χ0n) is 14.7. The molecule has 0 spiro atoms. The van der Waals surface area contributed by atoms with E-state index < -0.39 is 18.2 Å². The van der Waals surface area contributed by atoms with Crippen molar-refractivity contribution in [3.63, 3.8) is 0 Å². The van der Waals surface area contributed by atoms with Gasteiger partial charge >= 0.3 is 5.97 Å². The maximum absolute atomic E-state index is 12.5. The molecule has 0 saturated heterocycles. The molecule has 6 nitrogen and oxygen atoms in total. The average Bonchev–Trinajstić information content (AvgIpc) is 2.91. The Hall–Kier alpha value is -2.76. The van der Waals surface area contributed by atoms with Crippen LogP contribution in [0.2, 0.25) is 0 Å². The van der Waals surface area contributed by atoms with E-state index in [1.54, 1.807) is 24.8 Å². The second-order valence-corrected chi connectivity index (χ2v) is 5.96. The zero-order valence-corrected chi connectivity index (χ0v) is 14.7. The Balaban J connectivity index is 2.16. The van der Waals surface area contributed by atoms with E-state index in [0.29, 0.717) is 17.9 Å². The molecule has 0 N–H and O–H groups in total. The SMILES string of the molecule is C=CCN1c2ccccc2N(C(C)=O)[C@H]2C(C(=O)OCC)=C(C)O[C@@H]21. The van der Waals surface area contributed by atoms with Gasteiger partial charge in [-0.1, -0.05) is 18.2 Å². The summed E-state index contributed by atoms with van der Waals surface area (Å²) in [6.07, 6.45) is 1.29. The number of benzene rings is 1. The van der Waals surface area contributed by atoms with Crippen molar-refractivity contribution in [2.75, 3.05) is 23.0 Å². The third-order valence-electron chi connectivity index (χ3n) is 4.44. The van der Waals surface area contributed by atoms with Crippen molar-refractivity contribution in [3.8, 4) is 0 Å². The number of fused-ring (bicyclic) bond motifs is 2. The number of ether oxygens (including phenoxy) is 2. The van der Waals surface area contributed by atoms with Crippen LogP contribution >= 0.6 is 0 Å². The number of carbonyl (C=O) groups is 2. The fraction of sp³-hybridized carbons (Fsp3) is 0.368. The van der Waals surface area contributed by atoms with Crippen LogP contribution in [0.15, 0.2) is 48.3 Å². The van der Waals surface area contributed by atoms with E-state index in [1.165, 1.54) is 6.92 Å². The predicted molar refractivity (Wildman–Crippen MR) is 95.1 cm³/mol. The van der Waals surface area contributed by atoms with Crippen LogP contribution in [0.4, 0.5) is 11.4 Å². The van der Waals surface area contributed by atoms with Crippen molar-refractivity contribution in [2.24, 2.45) is 0 Å². The third kappa shape index (κ3) is 2.67. The van der Waals surface area contributed by atoms with Gasteiger partial charge in [-0.05, 0) is 26.0 Å². The summed E-state index contributed by atoms with van der Waals surface area (Å²) in [5.74, 6) is -0.112. The van der Waals surface area contributed by atoms with E-state index in [-0.39, 0.29) is 12.5 Å². The molecular weight excluding hydrogens is 320 g/mol. The Labute approximate surface area is 147 Å². The first kappa shape index (κ1) is 17.1. The Bertz CT molecular complexity index is 756. The van der Waals surface area contributed by atoms with Gasteiger partial charge in [0.1, 0.15) is 17.4 Å². The standard InChI is InChI=1S/C19H22N2O4/c1-5-11-20-14-9-7-8-10-15(14)21(13(4)22)17-16(19(23)24-6-2)12(3)25-18(17)20/h5,7-10,17-18H,1,6,11H2,2-4H3/t17-,18-/m0/s1. The molecule has 25 heavy (non-hydrogen) atoms. The Morgan fingerprint density at radius 1 is 1.32 bits per heavy atom. The second kappa shape index (κ2) is 6.63. The van der Waals surface area contributed by atoms with Gasteiger partial charge in [-0.2, -0.15) is 0 Å². The van der Waals surface area contributed by atoms with Crippen molar-refractivity contribution < 1.29 is 19.1 Å². The van der Waals surface area contributed by atoms with Crippen LogP contribution in [0.1, 0.15) is 20.8 Å². The monoisotopic (exact) mass is 342 g/mol. The van der Waals surface area contributed by atoms with Crippen molar-refractivity contribution in [1.82, 2.24) is 0 Å². The topological polar surface area (TPSA) is 59.1 Å². The summed E-state index contributed by atoms with van der Waals surface area (Å²) in [5.41, 5.74) is 2.01. The van der Waals surface area contributed by atoms with Gasteiger partial charge in [-0.15, -0.1) is 6.58 Å². The van der Waals surface area contributed by atoms with Gasteiger partial charge in [-0.25, -0.2) is 4.79 Å². The summed E-state index contributed by atoms with van der Waals surface area (Å²) in [6.45, 7) is 9.60. The lowest BCUT2D eigenvalue weighted by atomic mass is 9.98. The summed E-state index contributed by atoms with van der Waals surface area (Å²) >= 11 is 0. The van der Waals surface area contributed by atoms with E-state index in [1.807, 2.05) is 29.2 Å². The summed E-state index contributed by atoms with van der Waals surface area (Å²) < 4.78 is 11.2. The molecule has 3 rings (SSSR count). The number of esters is 1. The van der Waals surface area contributed by atoms with Gasteiger partial charge in [0.05, 0.1) is 18.0 Å². The lowest BCUT2D eigenvalue weighted by Gasteiger charge is -2.45. The molecule has 0 saturated carbocycles. The molecule has 132 valence electrons. The van der Waals surface area contributed by atoms with Crippen LogP contribution in [0.25, 0.3) is 0 Å². The molecule has 1 aromatic carbocycles. The zero-order chi connectivity index (χ0) is 18.1. The average molecular weight is 342 g/mol. The number of nitrogens with zero attached hydrogens (tertiary/aromatic N) is 2. The number of amides is 1. The fourth-order valence-electron chi connectivity index (χ4n) is 3.53. The van der Waals surface area contributed by atoms with Crippen LogP contribution < -0.4 is 9.80 Å². The number of carbonyl (C=O) groups excluding carboxylic acids is 2. The first-order valence-corrected chi connectivity index (χ1v) is 8.32. The molecule has 1 aromatic rings. The highest BCUT2D eigenvalue weighted by atomic mass is 16.5. The molecular formula is C19H22N2O4. The van der Waals surface area contributed by atoms with Crippen LogP contribution in [0.5, 0.6) is 0 Å². The highest BCUT2D eigenvalue weighted by Crippen LogP contribution is 2.45. The minimum absolute atomic E-state index is 0.152. The van der Waals surface area contributed by atoms with Crippen molar-refractivity contribution >= 4 is 23.3 Å². The molecule has 6 heteroatoms. The highest BCUT2D eigenvalue weighted by Gasteiger charge is 2.51. The molecule has 2 aliphatic heterocycles. The smallest absolute Gasteiger partial charge is 0.339 e. The molecule has 2 heterocycles. The highest BCUT2D eigenvalue weighted by molar-refractivity contribution is 6.02. The van der Waals surface area contributed by atoms with E-state index in [9.17, 15) is 9.59 Å². The quantitative estimate of drug-likeness (QED) is 0.622. The largest absolute Gasteiger partial charge is 0.472 e. The van der Waals surface area contributed by atoms with Crippen molar-refractivity contribution in [3.05, 3.63) is 48.3 Å². The second-order valence-electron chi connectivity index (χ2n) is 5.96. The fourth-order valence-corrected chi connectivity index (χ4v) is 3.53. The number of allylic oxidation sites excluding steroid dienone is 1. The Kier molecular flexibility index (Phi) is 4.53. The molecule has 1 amide bonds. The normalized spacial score (nSPS) is 21.4. The summed E-state index contributed by atoms with van der Waals surface area (Å²) in [5, 5.41) is 0. The van der Waals surface area contributed by atoms with Gasteiger partial charge in [0.2, 0.25) is 5.91 Å². The summed E-state index contributed by atoms with van der Waals surface area (Å²) in [7, 11) is 0. The van der Waals surface area contributed by atoms with Gasteiger partial charge in [0.15, 0.2) is 6.23 Å². The van der Waals surface area contributed by atoms with Gasteiger partial charge in [0, 0.05) is 13.5 Å². The molecule has 2 aliphatic rings. The van der Waals surface area contributed by atoms with Crippen molar-refractivity contribution in [2.45, 2.75) is 33.0 Å². The molecule has 2 atom stereocenters. The number of para-hydroxylation sites is 2. The predicted octanol–water partition coefficient (Wildman–Crippen LogP) is 2.61. The van der Waals surface area contributed by atoms with Crippen LogP contribution in [0, 0.1) is 0 Å². The van der Waals surface area contributed by atoms with E-state index >= 15 is 0 Å².